The van der Waals surface area contributed by atoms with E-state index in [-0.39, 0.29) is 5.41 Å². The molecule has 4 heteroatoms. The first-order valence-electron chi connectivity index (χ1n) is 7.64. The average molecular weight is 281 g/mol. The van der Waals surface area contributed by atoms with Crippen molar-refractivity contribution in [2.75, 3.05) is 6.54 Å². The number of nitrogens with two attached hydrogens (primary N) is 1. The van der Waals surface area contributed by atoms with Crippen LogP contribution in [0.5, 0.6) is 0 Å². The van der Waals surface area contributed by atoms with Gasteiger partial charge < -0.3 is 10.5 Å². The van der Waals surface area contributed by atoms with Crippen molar-refractivity contribution in [3.8, 4) is 0 Å². The molecule has 2 saturated carbocycles. The van der Waals surface area contributed by atoms with Gasteiger partial charge in [0, 0.05) is 17.7 Å². The van der Waals surface area contributed by atoms with Crippen LogP contribution in [0.2, 0.25) is 0 Å². The lowest BCUT2D eigenvalue weighted by atomic mass is 9.84. The van der Waals surface area contributed by atoms with Crippen LogP contribution in [-0.4, -0.2) is 18.5 Å². The maximum absolute atomic E-state index is 11.4. The van der Waals surface area contributed by atoms with Crippen LogP contribution in [-0.2, 0) is 10.2 Å². The number of carbonyl (C=O) groups is 1. The van der Waals surface area contributed by atoms with Crippen molar-refractivity contribution in [1.29, 1.82) is 0 Å². The van der Waals surface area contributed by atoms with E-state index < -0.39 is 0 Å². The number of carbonyl (C=O) groups excluding carboxylic acids is 1. The number of rotatable bonds is 3. The minimum absolute atomic E-state index is 0.247. The molecule has 1 aliphatic heterocycles. The van der Waals surface area contributed by atoms with Crippen LogP contribution in [0.25, 0.3) is 5.70 Å². The first-order valence-corrected chi connectivity index (χ1v) is 7.64. The quantitative estimate of drug-likeness (QED) is 0.834. The van der Waals surface area contributed by atoms with Crippen LogP contribution in [0.4, 0.5) is 0 Å². The second kappa shape index (κ2) is 4.53. The number of aldehydes is 1. The molecule has 2 aliphatic carbocycles. The highest BCUT2D eigenvalue weighted by molar-refractivity contribution is 6.07. The molecule has 4 nitrogen and oxygen atoms in total. The van der Waals surface area contributed by atoms with E-state index in [0.717, 1.165) is 54.5 Å². The highest BCUT2D eigenvalue weighted by Crippen LogP contribution is 2.47. The number of benzene rings is 1. The summed E-state index contributed by atoms with van der Waals surface area (Å²) in [5.74, 6) is 0. The molecule has 21 heavy (non-hydrogen) atoms. The Morgan fingerprint density at radius 2 is 2.10 bits per heavy atom. The minimum atomic E-state index is -0.247. The number of hydrogen-bond acceptors (Lipinski definition) is 4. The number of allylic oxidation sites excluding steroid dienone is 1. The second-order valence-electron chi connectivity index (χ2n) is 6.24. The Hall–Kier alpha value is -1.94. The number of hydrazone groups is 1. The molecule has 3 N–H and O–H groups in total. The summed E-state index contributed by atoms with van der Waals surface area (Å²) in [7, 11) is 0. The van der Waals surface area contributed by atoms with Crippen LogP contribution in [0.3, 0.4) is 0 Å². The maximum atomic E-state index is 11.4. The molecule has 1 aromatic rings. The molecule has 2 fully saturated rings. The number of nitrogens with zero attached hydrogens (tertiary/aromatic N) is 1. The SMILES string of the molecule is NCC1=NNC(=C2CCC2)c2ccc(C3(C=O)CC3)cc21. The third-order valence-electron chi connectivity index (χ3n) is 5.00. The van der Waals surface area contributed by atoms with Crippen molar-refractivity contribution in [1.82, 2.24) is 5.43 Å². The zero-order valence-electron chi connectivity index (χ0n) is 12.0. The molecular weight excluding hydrogens is 262 g/mol. The summed E-state index contributed by atoms with van der Waals surface area (Å²) < 4.78 is 0. The van der Waals surface area contributed by atoms with Crippen LogP contribution in [0.1, 0.15) is 48.8 Å². The van der Waals surface area contributed by atoms with Gasteiger partial charge in [0.1, 0.15) is 6.29 Å². The highest BCUT2D eigenvalue weighted by Gasteiger charge is 2.44. The van der Waals surface area contributed by atoms with Gasteiger partial charge in [-0.1, -0.05) is 12.1 Å². The molecule has 0 spiro atoms. The van der Waals surface area contributed by atoms with Crippen LogP contribution < -0.4 is 11.2 Å². The van der Waals surface area contributed by atoms with Crippen molar-refractivity contribution in [2.45, 2.75) is 37.5 Å². The van der Waals surface area contributed by atoms with Crippen LogP contribution >= 0.6 is 0 Å². The van der Waals surface area contributed by atoms with E-state index in [0.29, 0.717) is 6.54 Å². The van der Waals surface area contributed by atoms with Gasteiger partial charge in [-0.15, -0.1) is 0 Å². The van der Waals surface area contributed by atoms with Gasteiger partial charge in [-0.3, -0.25) is 5.43 Å². The van der Waals surface area contributed by atoms with Crippen molar-refractivity contribution >= 4 is 17.7 Å². The predicted octanol–water partition coefficient (Wildman–Crippen LogP) is 2.08. The van der Waals surface area contributed by atoms with Gasteiger partial charge >= 0.3 is 0 Å². The summed E-state index contributed by atoms with van der Waals surface area (Å²) in [6, 6.07) is 6.36. The molecule has 1 heterocycles. The van der Waals surface area contributed by atoms with E-state index in [4.69, 9.17) is 5.73 Å². The third kappa shape index (κ3) is 1.86. The monoisotopic (exact) mass is 281 g/mol. The standard InChI is InChI=1S/C17H19N3O/c18-9-15-14-8-12(17(10-21)6-7-17)4-5-13(14)16(20-19-15)11-2-1-3-11/h4-5,8,10,20H,1-3,6-7,9,18H2. The van der Waals surface area contributed by atoms with E-state index in [1.165, 1.54) is 17.6 Å². The summed E-state index contributed by atoms with van der Waals surface area (Å²) in [5.41, 5.74) is 15.6. The molecule has 0 aromatic heterocycles. The molecule has 3 aliphatic rings. The smallest absolute Gasteiger partial charge is 0.130 e. The van der Waals surface area contributed by atoms with Gasteiger partial charge in [0.25, 0.3) is 0 Å². The zero-order valence-corrected chi connectivity index (χ0v) is 12.0. The molecule has 0 radical (unpaired) electrons. The molecular formula is C17H19N3O. The Balaban J connectivity index is 1.85. The van der Waals surface area contributed by atoms with E-state index >= 15 is 0 Å². The van der Waals surface area contributed by atoms with Gasteiger partial charge in [-0.05, 0) is 49.3 Å². The van der Waals surface area contributed by atoms with Crippen molar-refractivity contribution in [2.24, 2.45) is 10.8 Å². The van der Waals surface area contributed by atoms with Crippen molar-refractivity contribution < 1.29 is 4.79 Å². The average Bonchev–Trinajstić information content (AvgIpc) is 3.26. The molecule has 1 aromatic carbocycles. The summed E-state index contributed by atoms with van der Waals surface area (Å²) in [5, 5.41) is 4.44. The summed E-state index contributed by atoms with van der Waals surface area (Å²) in [6.07, 6.45) is 6.56. The van der Waals surface area contributed by atoms with Gasteiger partial charge in [-0.25, -0.2) is 0 Å². The fourth-order valence-corrected chi connectivity index (χ4v) is 3.19. The van der Waals surface area contributed by atoms with Crippen LogP contribution in [0.15, 0.2) is 28.9 Å². The van der Waals surface area contributed by atoms with E-state index in [1.807, 2.05) is 0 Å². The molecule has 4 rings (SSSR count). The third-order valence-corrected chi connectivity index (χ3v) is 5.00. The lowest BCUT2D eigenvalue weighted by Gasteiger charge is -2.27. The summed E-state index contributed by atoms with van der Waals surface area (Å²) in [6.45, 7) is 0.403. The van der Waals surface area contributed by atoms with Gasteiger partial charge in [-0.2, -0.15) is 5.10 Å². The molecule has 0 atom stereocenters. The highest BCUT2D eigenvalue weighted by atomic mass is 16.1. The first-order chi connectivity index (χ1) is 10.3. The number of hydrogen-bond donors (Lipinski definition) is 2. The second-order valence-corrected chi connectivity index (χ2v) is 6.24. The Morgan fingerprint density at radius 3 is 2.67 bits per heavy atom. The van der Waals surface area contributed by atoms with Gasteiger partial charge in [0.05, 0.1) is 16.8 Å². The van der Waals surface area contributed by atoms with Gasteiger partial charge in [0.15, 0.2) is 0 Å². The Kier molecular flexibility index (Phi) is 2.76. The van der Waals surface area contributed by atoms with E-state index in [9.17, 15) is 4.79 Å². The first kappa shape index (κ1) is 12.8. The van der Waals surface area contributed by atoms with Crippen molar-refractivity contribution in [3.63, 3.8) is 0 Å². The fraction of sp³-hybridized carbons (Fsp3) is 0.412. The predicted molar refractivity (Wildman–Crippen MR) is 82.9 cm³/mol. The van der Waals surface area contributed by atoms with Crippen LogP contribution in [0, 0.1) is 0 Å². The van der Waals surface area contributed by atoms with E-state index in [1.54, 1.807) is 0 Å². The lowest BCUT2D eigenvalue weighted by molar-refractivity contribution is -0.109. The maximum Gasteiger partial charge on any atom is 0.130 e. The summed E-state index contributed by atoms with van der Waals surface area (Å²) >= 11 is 0. The zero-order chi connectivity index (χ0) is 14.4. The molecule has 0 unspecified atom stereocenters. The number of fused-ring (bicyclic) bond motifs is 1. The molecule has 0 saturated heterocycles. The van der Waals surface area contributed by atoms with E-state index in [2.05, 4.69) is 28.7 Å². The summed E-state index contributed by atoms with van der Waals surface area (Å²) in [4.78, 5) is 11.4. The normalized spacial score (nSPS) is 21.9. The topological polar surface area (TPSA) is 67.5 Å². The Labute approximate surface area is 124 Å². The fourth-order valence-electron chi connectivity index (χ4n) is 3.19. The molecule has 0 amide bonds. The Morgan fingerprint density at radius 1 is 1.29 bits per heavy atom. The molecule has 108 valence electrons. The lowest BCUT2D eigenvalue weighted by Crippen LogP contribution is -2.27. The number of nitrogens with one attached hydrogen (secondary N) is 1. The Bertz CT molecular complexity index is 677. The minimum Gasteiger partial charge on any atom is -0.325 e. The van der Waals surface area contributed by atoms with Gasteiger partial charge in [0.2, 0.25) is 0 Å². The van der Waals surface area contributed by atoms with Crippen molar-refractivity contribution in [3.05, 3.63) is 40.5 Å². The molecule has 0 bridgehead atoms. The largest absolute Gasteiger partial charge is 0.325 e.